The van der Waals surface area contributed by atoms with Crippen LogP contribution in [0.2, 0.25) is 5.02 Å². The molecule has 2 aromatic carbocycles. The van der Waals surface area contributed by atoms with E-state index in [-0.39, 0.29) is 12.0 Å². The molecule has 0 amide bonds. The molecule has 7 heteroatoms. The van der Waals surface area contributed by atoms with Gasteiger partial charge in [-0.2, -0.15) is 18.4 Å². The fraction of sp³-hybridized carbons (Fsp3) is 0.364. The number of hydrogen-bond acceptors (Lipinski definition) is 3. The summed E-state index contributed by atoms with van der Waals surface area (Å²) in [4.78, 5) is 12.9. The molecule has 0 N–H and O–H groups in total. The number of halogens is 4. The lowest BCUT2D eigenvalue weighted by Gasteiger charge is -2.19. The SMILES string of the molecule is CCCc1cccc(CC(OC)C(=O)C(C#N)c2cccc(C(F)(F)F)c2)c1Cl. The van der Waals surface area contributed by atoms with Gasteiger partial charge in [-0.1, -0.05) is 61.3 Å². The van der Waals surface area contributed by atoms with E-state index in [1.165, 1.54) is 19.2 Å². The highest BCUT2D eigenvalue weighted by atomic mass is 35.5. The summed E-state index contributed by atoms with van der Waals surface area (Å²) in [5.74, 6) is -1.98. The molecule has 2 aromatic rings. The van der Waals surface area contributed by atoms with Crippen molar-refractivity contribution in [3.8, 4) is 6.07 Å². The van der Waals surface area contributed by atoms with Gasteiger partial charge in [0.05, 0.1) is 11.6 Å². The zero-order chi connectivity index (χ0) is 21.6. The third-order valence-corrected chi connectivity index (χ3v) is 5.13. The smallest absolute Gasteiger partial charge is 0.373 e. The molecule has 0 radical (unpaired) electrons. The lowest BCUT2D eigenvalue weighted by Crippen LogP contribution is -2.30. The average Bonchev–Trinajstić information content (AvgIpc) is 2.69. The minimum absolute atomic E-state index is 0.0137. The van der Waals surface area contributed by atoms with Crippen molar-refractivity contribution in [3.63, 3.8) is 0 Å². The number of nitriles is 1. The summed E-state index contributed by atoms with van der Waals surface area (Å²) in [7, 11) is 1.33. The molecule has 3 nitrogen and oxygen atoms in total. The number of alkyl halides is 3. The Bertz CT molecular complexity index is 906. The van der Waals surface area contributed by atoms with Crippen LogP contribution in [-0.2, 0) is 28.5 Å². The molecule has 2 unspecified atom stereocenters. The number of hydrogen-bond donors (Lipinski definition) is 0. The highest BCUT2D eigenvalue weighted by Crippen LogP contribution is 2.32. The van der Waals surface area contributed by atoms with Crippen LogP contribution in [0.3, 0.4) is 0 Å². The van der Waals surface area contributed by atoms with Gasteiger partial charge in [-0.25, -0.2) is 0 Å². The monoisotopic (exact) mass is 423 g/mol. The van der Waals surface area contributed by atoms with Crippen LogP contribution in [0.4, 0.5) is 13.2 Å². The minimum Gasteiger partial charge on any atom is -0.373 e. The molecule has 0 saturated heterocycles. The van der Waals surface area contributed by atoms with Crippen LogP contribution in [0.15, 0.2) is 42.5 Å². The van der Waals surface area contributed by atoms with Gasteiger partial charge in [0.15, 0.2) is 5.78 Å². The Kier molecular flexibility index (Phi) is 7.83. The van der Waals surface area contributed by atoms with Crippen molar-refractivity contribution < 1.29 is 22.7 Å². The van der Waals surface area contributed by atoms with Gasteiger partial charge in [0.2, 0.25) is 0 Å². The second kappa shape index (κ2) is 9.91. The first-order valence-corrected chi connectivity index (χ1v) is 9.50. The molecular weight excluding hydrogens is 403 g/mol. The molecule has 0 aromatic heterocycles. The number of nitrogens with zero attached hydrogens (tertiary/aromatic N) is 1. The number of benzene rings is 2. The van der Waals surface area contributed by atoms with E-state index in [2.05, 4.69) is 0 Å². The number of carbonyl (C=O) groups excluding carboxylic acids is 1. The molecule has 0 aliphatic rings. The zero-order valence-electron chi connectivity index (χ0n) is 16.1. The molecule has 0 saturated carbocycles. The summed E-state index contributed by atoms with van der Waals surface area (Å²) >= 11 is 6.44. The second-order valence-electron chi connectivity index (χ2n) is 6.66. The maximum absolute atomic E-state index is 13.0. The van der Waals surface area contributed by atoms with Gasteiger partial charge in [-0.05, 0) is 29.2 Å². The first-order chi connectivity index (χ1) is 13.7. The van der Waals surface area contributed by atoms with E-state index in [0.29, 0.717) is 10.6 Å². The molecule has 0 bridgehead atoms. The largest absolute Gasteiger partial charge is 0.416 e. The topological polar surface area (TPSA) is 50.1 Å². The predicted molar refractivity (Wildman–Crippen MR) is 105 cm³/mol. The molecular formula is C22H21ClF3NO2. The first-order valence-electron chi connectivity index (χ1n) is 9.12. The molecule has 2 rings (SSSR count). The van der Waals surface area contributed by atoms with Crippen molar-refractivity contribution in [3.05, 3.63) is 69.7 Å². The number of carbonyl (C=O) groups is 1. The van der Waals surface area contributed by atoms with Gasteiger partial charge in [0.25, 0.3) is 0 Å². The Morgan fingerprint density at radius 2 is 1.86 bits per heavy atom. The molecule has 29 heavy (non-hydrogen) atoms. The minimum atomic E-state index is -4.56. The number of ether oxygens (including phenoxy) is 1. The van der Waals surface area contributed by atoms with Crippen LogP contribution in [0.5, 0.6) is 0 Å². The fourth-order valence-corrected chi connectivity index (χ4v) is 3.43. The molecule has 0 aliphatic carbocycles. The average molecular weight is 424 g/mol. The van der Waals surface area contributed by atoms with Gasteiger partial charge in [-0.3, -0.25) is 4.79 Å². The molecule has 2 atom stereocenters. The number of methoxy groups -OCH3 is 1. The van der Waals surface area contributed by atoms with Crippen LogP contribution in [0.1, 0.15) is 41.5 Å². The van der Waals surface area contributed by atoms with Crippen LogP contribution >= 0.6 is 11.6 Å². The molecule has 0 spiro atoms. The van der Waals surface area contributed by atoms with E-state index in [0.717, 1.165) is 30.5 Å². The van der Waals surface area contributed by atoms with Crippen molar-refractivity contribution in [2.75, 3.05) is 7.11 Å². The number of ketones is 1. The van der Waals surface area contributed by atoms with Crippen LogP contribution in [0.25, 0.3) is 0 Å². The maximum atomic E-state index is 13.0. The summed E-state index contributed by atoms with van der Waals surface area (Å²) < 4.78 is 44.3. The Balaban J connectivity index is 2.31. The van der Waals surface area contributed by atoms with Gasteiger partial charge >= 0.3 is 6.18 Å². The van der Waals surface area contributed by atoms with Crippen molar-refractivity contribution >= 4 is 17.4 Å². The van der Waals surface area contributed by atoms with Crippen molar-refractivity contribution in [2.45, 2.75) is 44.4 Å². The first kappa shape index (κ1) is 22.9. The van der Waals surface area contributed by atoms with E-state index in [1.807, 2.05) is 25.1 Å². The quantitative estimate of drug-likeness (QED) is 0.543. The lowest BCUT2D eigenvalue weighted by atomic mass is 9.89. The van der Waals surface area contributed by atoms with E-state index in [9.17, 15) is 23.2 Å². The van der Waals surface area contributed by atoms with Gasteiger partial charge in [0.1, 0.15) is 12.0 Å². The molecule has 0 fully saturated rings. The van der Waals surface area contributed by atoms with E-state index < -0.39 is 29.5 Å². The van der Waals surface area contributed by atoms with Crippen LogP contribution in [-0.4, -0.2) is 19.0 Å². The third-order valence-electron chi connectivity index (χ3n) is 4.65. The number of rotatable bonds is 8. The van der Waals surface area contributed by atoms with Gasteiger partial charge in [-0.15, -0.1) is 0 Å². The predicted octanol–water partition coefficient (Wildman–Crippen LogP) is 5.75. The zero-order valence-corrected chi connectivity index (χ0v) is 16.8. The van der Waals surface area contributed by atoms with Crippen LogP contribution in [0, 0.1) is 11.3 Å². The lowest BCUT2D eigenvalue weighted by molar-refractivity contribution is -0.137. The second-order valence-corrected chi connectivity index (χ2v) is 7.03. The van der Waals surface area contributed by atoms with Crippen LogP contribution < -0.4 is 0 Å². The highest BCUT2D eigenvalue weighted by Gasteiger charge is 2.33. The standard InChI is InChI=1S/C22H21ClF3NO2/c1-3-6-14-7-4-9-16(20(14)23)12-19(29-2)21(28)18(13-27)15-8-5-10-17(11-15)22(24,25)26/h4-5,7-11,18-19H,3,6,12H2,1-2H3. The highest BCUT2D eigenvalue weighted by molar-refractivity contribution is 6.32. The summed E-state index contributed by atoms with van der Waals surface area (Å²) in [5, 5.41) is 10.0. The number of aryl methyl sites for hydroxylation is 1. The molecule has 0 aliphatic heterocycles. The van der Waals surface area contributed by atoms with Gasteiger partial charge in [0, 0.05) is 18.6 Å². The normalized spacial score (nSPS) is 13.6. The summed E-state index contributed by atoms with van der Waals surface area (Å²) in [6.45, 7) is 2.02. The Morgan fingerprint density at radius 3 is 2.45 bits per heavy atom. The summed E-state index contributed by atoms with van der Waals surface area (Å²) in [6, 6.07) is 11.6. The van der Waals surface area contributed by atoms with E-state index in [4.69, 9.17) is 16.3 Å². The molecule has 0 heterocycles. The van der Waals surface area contributed by atoms with Gasteiger partial charge < -0.3 is 4.74 Å². The third kappa shape index (κ3) is 5.59. The van der Waals surface area contributed by atoms with Crippen molar-refractivity contribution in [1.82, 2.24) is 0 Å². The Morgan fingerprint density at radius 1 is 1.21 bits per heavy atom. The summed E-state index contributed by atoms with van der Waals surface area (Å²) in [5.41, 5.74) is 0.717. The maximum Gasteiger partial charge on any atom is 0.416 e. The Hall–Kier alpha value is -2.36. The van der Waals surface area contributed by atoms with Crippen molar-refractivity contribution in [2.24, 2.45) is 0 Å². The van der Waals surface area contributed by atoms with Crippen molar-refractivity contribution in [1.29, 1.82) is 5.26 Å². The fourth-order valence-electron chi connectivity index (χ4n) is 3.14. The Labute approximate surface area is 173 Å². The van der Waals surface area contributed by atoms with E-state index >= 15 is 0 Å². The summed E-state index contributed by atoms with van der Waals surface area (Å²) in [6.07, 6.45) is -3.76. The molecule has 154 valence electrons. The van der Waals surface area contributed by atoms with E-state index in [1.54, 1.807) is 6.07 Å². The number of Topliss-reactive ketones (excluding diaryl/α,β-unsaturated/α-hetero) is 1.